The molecule has 1 N–H and O–H groups in total. The average Bonchev–Trinajstić information content (AvgIpc) is 2.87. The molecule has 0 saturated carbocycles. The summed E-state index contributed by atoms with van der Waals surface area (Å²) in [6, 6.07) is 5.98. The van der Waals surface area contributed by atoms with E-state index in [4.69, 9.17) is 14.5 Å². The fourth-order valence-electron chi connectivity index (χ4n) is 4.20. The van der Waals surface area contributed by atoms with E-state index in [1.807, 2.05) is 6.07 Å². The molecular weight excluding hydrogens is 480 g/mol. The molecule has 1 unspecified atom stereocenters. The number of unbranched alkanes of at least 4 members (excludes halogenated alkanes) is 14. The van der Waals surface area contributed by atoms with E-state index >= 15 is 0 Å². The zero-order valence-corrected chi connectivity index (χ0v) is 23.3. The standard InChI is InChI=1S/C28H47FNO5P/c1-3-4-5-6-7-8-9-10-11-12-13-14-15-16-17-18-28(24-35-36(31,32)33-2)34-23-26-19-25(22-30)20-27(29)21-26/h19-21,28H,3-18,23-24H2,1-2H3,(H,31,32)/t28-/m1/s1. The molecule has 0 heterocycles. The Morgan fingerprint density at radius 2 is 1.44 bits per heavy atom. The quantitative estimate of drug-likeness (QED) is 0.113. The molecule has 36 heavy (non-hydrogen) atoms. The number of nitrogens with zero attached hydrogens (tertiary/aromatic N) is 1. The number of rotatable bonds is 23. The van der Waals surface area contributed by atoms with Crippen LogP contribution in [-0.4, -0.2) is 24.7 Å². The van der Waals surface area contributed by atoms with Gasteiger partial charge in [-0.2, -0.15) is 5.26 Å². The van der Waals surface area contributed by atoms with Gasteiger partial charge in [0.15, 0.2) is 0 Å². The van der Waals surface area contributed by atoms with Crippen LogP contribution in [0, 0.1) is 17.1 Å². The molecule has 0 aliphatic carbocycles. The summed E-state index contributed by atoms with van der Waals surface area (Å²) in [6.07, 6.45) is 19.4. The molecule has 1 aromatic rings. The molecule has 0 amide bonds. The SMILES string of the molecule is CCCCCCCCCCCCCCCCC[C@H](COP(=O)(O)OC)OCc1cc(F)cc(C#N)c1. The predicted octanol–water partition coefficient (Wildman–Crippen LogP) is 8.61. The lowest BCUT2D eigenvalue weighted by Gasteiger charge is -2.19. The van der Waals surface area contributed by atoms with E-state index in [1.54, 1.807) is 6.07 Å². The minimum Gasteiger partial charge on any atom is -0.371 e. The molecule has 6 nitrogen and oxygen atoms in total. The van der Waals surface area contributed by atoms with Crippen LogP contribution in [0.4, 0.5) is 4.39 Å². The summed E-state index contributed by atoms with van der Waals surface area (Å²) in [6.45, 7) is 2.24. The maximum atomic E-state index is 13.7. The smallest absolute Gasteiger partial charge is 0.371 e. The Hall–Kier alpha value is -1.29. The Bertz CT molecular complexity index is 786. The normalized spacial score (nSPS) is 13.9. The lowest BCUT2D eigenvalue weighted by Crippen LogP contribution is -2.19. The summed E-state index contributed by atoms with van der Waals surface area (Å²) >= 11 is 0. The van der Waals surface area contributed by atoms with Gasteiger partial charge in [0, 0.05) is 7.11 Å². The van der Waals surface area contributed by atoms with Gasteiger partial charge < -0.3 is 9.63 Å². The third-order valence-corrected chi connectivity index (χ3v) is 7.29. The first-order valence-electron chi connectivity index (χ1n) is 13.7. The van der Waals surface area contributed by atoms with E-state index < -0.39 is 19.7 Å². The second-order valence-electron chi connectivity index (χ2n) is 9.58. The Kier molecular flexibility index (Phi) is 18.9. The Morgan fingerprint density at radius 1 is 0.917 bits per heavy atom. The molecule has 0 fully saturated rings. The molecule has 0 spiro atoms. The molecule has 0 aliphatic rings. The number of nitriles is 1. The van der Waals surface area contributed by atoms with E-state index in [0.717, 1.165) is 26.4 Å². The van der Waals surface area contributed by atoms with Crippen molar-refractivity contribution in [1.82, 2.24) is 0 Å². The first-order chi connectivity index (χ1) is 17.4. The van der Waals surface area contributed by atoms with Gasteiger partial charge in [-0.15, -0.1) is 0 Å². The van der Waals surface area contributed by atoms with Crippen LogP contribution < -0.4 is 0 Å². The minimum absolute atomic E-state index is 0.0852. The van der Waals surface area contributed by atoms with Gasteiger partial charge in [-0.3, -0.25) is 9.05 Å². The topological polar surface area (TPSA) is 88.8 Å². The van der Waals surface area contributed by atoms with Crippen molar-refractivity contribution in [2.45, 2.75) is 122 Å². The van der Waals surface area contributed by atoms with Crippen LogP contribution in [0.3, 0.4) is 0 Å². The van der Waals surface area contributed by atoms with E-state index in [0.29, 0.717) is 12.0 Å². The van der Waals surface area contributed by atoms with Gasteiger partial charge in [-0.25, -0.2) is 8.96 Å². The van der Waals surface area contributed by atoms with E-state index in [1.165, 1.54) is 89.2 Å². The van der Waals surface area contributed by atoms with Gasteiger partial charge >= 0.3 is 7.82 Å². The average molecular weight is 528 g/mol. The van der Waals surface area contributed by atoms with Crippen LogP contribution in [0.25, 0.3) is 0 Å². The second kappa shape index (κ2) is 20.7. The number of phosphoric ester groups is 1. The molecule has 0 aromatic heterocycles. The molecule has 2 atom stereocenters. The highest BCUT2D eigenvalue weighted by Crippen LogP contribution is 2.42. The molecular formula is C28H47FNO5P. The number of halogens is 1. The number of ether oxygens (including phenoxy) is 1. The van der Waals surface area contributed by atoms with Gasteiger partial charge in [0.25, 0.3) is 0 Å². The maximum absolute atomic E-state index is 13.7. The van der Waals surface area contributed by atoms with Crippen molar-refractivity contribution in [2.24, 2.45) is 0 Å². The van der Waals surface area contributed by atoms with Crippen LogP contribution >= 0.6 is 7.82 Å². The van der Waals surface area contributed by atoms with Crippen molar-refractivity contribution in [1.29, 1.82) is 5.26 Å². The Morgan fingerprint density at radius 3 is 1.94 bits per heavy atom. The minimum atomic E-state index is -4.10. The van der Waals surface area contributed by atoms with Gasteiger partial charge in [-0.05, 0) is 30.2 Å². The lowest BCUT2D eigenvalue weighted by molar-refractivity contribution is -0.00516. The zero-order chi connectivity index (χ0) is 26.5. The number of phosphoric acid groups is 1. The summed E-state index contributed by atoms with van der Waals surface area (Å²) in [5.74, 6) is -0.498. The van der Waals surface area contributed by atoms with Crippen molar-refractivity contribution in [3.05, 3.63) is 35.1 Å². The van der Waals surface area contributed by atoms with Crippen molar-refractivity contribution in [3.8, 4) is 6.07 Å². The summed E-state index contributed by atoms with van der Waals surface area (Å²) in [5, 5.41) is 9.02. The highest BCUT2D eigenvalue weighted by molar-refractivity contribution is 7.47. The van der Waals surface area contributed by atoms with Crippen LogP contribution in [0.15, 0.2) is 18.2 Å². The lowest BCUT2D eigenvalue weighted by atomic mass is 10.0. The van der Waals surface area contributed by atoms with E-state index in [9.17, 15) is 13.8 Å². The monoisotopic (exact) mass is 527 g/mol. The van der Waals surface area contributed by atoms with Crippen molar-refractivity contribution in [2.75, 3.05) is 13.7 Å². The number of benzene rings is 1. The zero-order valence-electron chi connectivity index (χ0n) is 22.4. The first-order valence-corrected chi connectivity index (χ1v) is 15.2. The van der Waals surface area contributed by atoms with Crippen molar-refractivity contribution in [3.63, 3.8) is 0 Å². The summed E-state index contributed by atoms with van der Waals surface area (Å²) < 4.78 is 40.7. The van der Waals surface area contributed by atoms with Gasteiger partial charge in [0.05, 0.1) is 31.0 Å². The van der Waals surface area contributed by atoms with E-state index in [2.05, 4.69) is 11.4 Å². The predicted molar refractivity (Wildman–Crippen MR) is 142 cm³/mol. The Labute approximate surface area is 218 Å². The highest BCUT2D eigenvalue weighted by Gasteiger charge is 2.22. The number of hydrogen-bond acceptors (Lipinski definition) is 5. The maximum Gasteiger partial charge on any atom is 0.472 e. The van der Waals surface area contributed by atoms with Gasteiger partial charge in [0.1, 0.15) is 5.82 Å². The molecule has 0 aliphatic heterocycles. The van der Waals surface area contributed by atoms with Crippen molar-refractivity contribution >= 4 is 7.82 Å². The first kappa shape index (κ1) is 32.7. The summed E-state index contributed by atoms with van der Waals surface area (Å²) in [7, 11) is -2.99. The van der Waals surface area contributed by atoms with Crippen LogP contribution in [0.2, 0.25) is 0 Å². The van der Waals surface area contributed by atoms with Crippen LogP contribution in [0.1, 0.15) is 121 Å². The third kappa shape index (κ3) is 17.2. The molecule has 1 aromatic carbocycles. The number of hydrogen-bond donors (Lipinski definition) is 1. The highest BCUT2D eigenvalue weighted by atomic mass is 31.2. The van der Waals surface area contributed by atoms with Gasteiger partial charge in [0.2, 0.25) is 0 Å². The van der Waals surface area contributed by atoms with Crippen LogP contribution in [0.5, 0.6) is 0 Å². The third-order valence-electron chi connectivity index (χ3n) is 6.36. The summed E-state index contributed by atoms with van der Waals surface area (Å²) in [5.41, 5.74) is 0.759. The fourth-order valence-corrected chi connectivity index (χ4v) is 4.66. The molecule has 0 saturated heterocycles. The largest absolute Gasteiger partial charge is 0.472 e. The molecule has 1 rings (SSSR count). The van der Waals surface area contributed by atoms with E-state index in [-0.39, 0.29) is 18.8 Å². The summed E-state index contributed by atoms with van der Waals surface area (Å²) in [4.78, 5) is 9.54. The second-order valence-corrected chi connectivity index (χ2v) is 11.1. The van der Waals surface area contributed by atoms with Crippen LogP contribution in [-0.2, 0) is 25.0 Å². The fraction of sp³-hybridized carbons (Fsp3) is 0.750. The molecule has 206 valence electrons. The van der Waals surface area contributed by atoms with Crippen molar-refractivity contribution < 1.29 is 27.6 Å². The molecule has 8 heteroatoms. The molecule has 0 bridgehead atoms. The van der Waals surface area contributed by atoms with Gasteiger partial charge in [-0.1, -0.05) is 103 Å². The molecule has 0 radical (unpaired) electrons. The Balaban J connectivity index is 2.22.